The number of amides is 1. The lowest BCUT2D eigenvalue weighted by Gasteiger charge is -2.14. The van der Waals surface area contributed by atoms with Gasteiger partial charge in [-0.3, -0.25) is 20.4 Å². The Labute approximate surface area is 169 Å². The summed E-state index contributed by atoms with van der Waals surface area (Å²) in [4.78, 5) is 23.9. The van der Waals surface area contributed by atoms with Gasteiger partial charge in [0.05, 0.1) is 11.8 Å². The van der Waals surface area contributed by atoms with E-state index in [0.29, 0.717) is 0 Å². The van der Waals surface area contributed by atoms with Crippen molar-refractivity contribution in [2.45, 2.75) is 25.1 Å². The summed E-state index contributed by atoms with van der Waals surface area (Å²) in [5.41, 5.74) is 7.73. The van der Waals surface area contributed by atoms with E-state index in [-0.39, 0.29) is 29.1 Å². The number of carbonyl (C=O) groups is 2. The van der Waals surface area contributed by atoms with Crippen LogP contribution in [0.1, 0.15) is 18.4 Å². The summed E-state index contributed by atoms with van der Waals surface area (Å²) in [7, 11) is 0. The van der Waals surface area contributed by atoms with E-state index in [9.17, 15) is 9.59 Å². The second-order valence-corrected chi connectivity index (χ2v) is 6.92. The molecule has 0 saturated carbocycles. The smallest absolute Gasteiger partial charge is 0.245 e. The van der Waals surface area contributed by atoms with Gasteiger partial charge in [-0.1, -0.05) is 36.4 Å². The molecule has 0 aromatic heterocycles. The van der Waals surface area contributed by atoms with Crippen molar-refractivity contribution < 1.29 is 9.59 Å². The van der Waals surface area contributed by atoms with Crippen LogP contribution in [0.15, 0.2) is 54.6 Å². The molecule has 0 fully saturated rings. The van der Waals surface area contributed by atoms with Crippen molar-refractivity contribution in [2.24, 2.45) is 0 Å². The summed E-state index contributed by atoms with van der Waals surface area (Å²) in [6.07, 6.45) is -0.134. The lowest BCUT2D eigenvalue weighted by atomic mass is 10.2. The average Bonchev–Trinajstić information content (AvgIpc) is 2.62. The van der Waals surface area contributed by atoms with Crippen molar-refractivity contribution in [3.8, 4) is 0 Å². The van der Waals surface area contributed by atoms with Crippen LogP contribution in [-0.2, 0) is 9.59 Å². The van der Waals surface area contributed by atoms with E-state index < -0.39 is 5.91 Å². The van der Waals surface area contributed by atoms with Gasteiger partial charge in [0.15, 0.2) is 5.11 Å². The molecule has 0 aliphatic carbocycles. The predicted molar refractivity (Wildman–Crippen MR) is 116 cm³/mol. The van der Waals surface area contributed by atoms with Gasteiger partial charge in [-0.15, -0.1) is 0 Å². The number of hydrogen-bond acceptors (Lipinski definition) is 5. The number of aryl methyl sites for hydroxylation is 1. The van der Waals surface area contributed by atoms with E-state index in [4.69, 9.17) is 12.2 Å². The van der Waals surface area contributed by atoms with Crippen molar-refractivity contribution in [3.05, 3.63) is 60.2 Å². The van der Waals surface area contributed by atoms with E-state index in [0.717, 1.165) is 16.9 Å². The lowest BCUT2D eigenvalue weighted by Crippen LogP contribution is -2.44. The zero-order chi connectivity index (χ0) is 19.6. The first-order valence-electron chi connectivity index (χ1n) is 8.37. The molecule has 0 aliphatic heterocycles. The molecule has 0 spiro atoms. The summed E-state index contributed by atoms with van der Waals surface area (Å²) < 4.78 is 0. The highest BCUT2D eigenvalue weighted by molar-refractivity contribution is 7.81. The number of anilines is 2. The van der Waals surface area contributed by atoms with Crippen LogP contribution < -0.4 is 21.5 Å². The number of nitrogens with one attached hydrogen (secondary N) is 4. The second kappa shape index (κ2) is 10.5. The minimum Gasteiger partial charge on any atom is -0.373 e. The van der Waals surface area contributed by atoms with Crippen LogP contribution in [0.25, 0.3) is 0 Å². The normalized spacial score (nSPS) is 11.2. The third kappa shape index (κ3) is 7.67. The van der Waals surface area contributed by atoms with Gasteiger partial charge in [0.1, 0.15) is 5.78 Å². The molecule has 0 bridgehead atoms. The number of thiocarbonyl (C=S) groups is 1. The predicted octanol–water partition coefficient (Wildman–Crippen LogP) is 3.03. The number of benzene rings is 2. The van der Waals surface area contributed by atoms with Crippen LogP contribution in [0.4, 0.5) is 11.4 Å². The first-order valence-corrected chi connectivity index (χ1v) is 9.29. The monoisotopic (exact) mass is 402 g/mol. The Morgan fingerprint density at radius 2 is 1.70 bits per heavy atom. The highest BCUT2D eigenvalue weighted by Crippen LogP contribution is 2.13. The maximum absolute atomic E-state index is 12.0. The fraction of sp³-hybridized carbons (Fsp3) is 0.211. The Morgan fingerprint density at radius 3 is 2.41 bits per heavy atom. The number of Topliss-reactive ketones (excluding diaryl/α,β-unsaturated/α-hetero) is 1. The lowest BCUT2D eigenvalue weighted by molar-refractivity contribution is -0.128. The van der Waals surface area contributed by atoms with E-state index in [2.05, 4.69) is 34.1 Å². The van der Waals surface area contributed by atoms with Gasteiger partial charge >= 0.3 is 0 Å². The van der Waals surface area contributed by atoms with Crippen LogP contribution in [0.5, 0.6) is 0 Å². The quantitative estimate of drug-likeness (QED) is 0.161. The van der Waals surface area contributed by atoms with Crippen LogP contribution >= 0.6 is 24.8 Å². The molecule has 2 aromatic carbocycles. The number of rotatable bonds is 7. The summed E-state index contributed by atoms with van der Waals surface area (Å²) in [5.74, 6) is -0.690. The molecule has 8 heteroatoms. The maximum Gasteiger partial charge on any atom is 0.245 e. The third-order valence-electron chi connectivity index (χ3n) is 3.59. The molecule has 0 radical (unpaired) electrons. The Morgan fingerprint density at radius 1 is 1.04 bits per heavy atom. The molecule has 6 nitrogen and oxygen atoms in total. The molecular formula is C19H22N4O2S2. The highest BCUT2D eigenvalue weighted by atomic mass is 32.1. The number of hydrogen-bond donors (Lipinski definition) is 5. The molecule has 1 atom stereocenters. The zero-order valence-electron chi connectivity index (χ0n) is 14.9. The number of ketones is 1. The molecule has 2 rings (SSSR count). The standard InChI is InChI=1S/C19H22N4O2S2/c1-13-7-5-6-10-16(13)21-19(27)23-22-17(25)11-15(24)12-18(26)20-14-8-3-2-4-9-14/h2-10,18,20,26H,11-12H2,1H3,(H,22,25)(H2,21,23,27). The summed E-state index contributed by atoms with van der Waals surface area (Å²) in [5, 5.41) is 5.94. The highest BCUT2D eigenvalue weighted by Gasteiger charge is 2.14. The Bertz CT molecular complexity index is 799. The van der Waals surface area contributed by atoms with Crippen molar-refractivity contribution in [2.75, 3.05) is 10.6 Å². The molecule has 4 N–H and O–H groups in total. The summed E-state index contributed by atoms with van der Waals surface area (Å²) >= 11 is 9.47. The number of para-hydroxylation sites is 2. The molecule has 1 unspecified atom stereocenters. The van der Waals surface area contributed by atoms with Crippen molar-refractivity contribution in [3.63, 3.8) is 0 Å². The molecule has 27 heavy (non-hydrogen) atoms. The minimum absolute atomic E-state index is 0.122. The maximum atomic E-state index is 12.0. The van der Waals surface area contributed by atoms with Crippen LogP contribution in [0.2, 0.25) is 0 Å². The van der Waals surface area contributed by atoms with E-state index in [1.165, 1.54) is 0 Å². The largest absolute Gasteiger partial charge is 0.373 e. The Kier molecular flexibility index (Phi) is 8.09. The van der Waals surface area contributed by atoms with E-state index in [1.54, 1.807) is 0 Å². The molecule has 0 heterocycles. The summed E-state index contributed by atoms with van der Waals surface area (Å²) in [6.45, 7) is 1.94. The number of thiol groups is 1. The topological polar surface area (TPSA) is 82.3 Å². The molecule has 0 aliphatic rings. The van der Waals surface area contributed by atoms with E-state index in [1.807, 2.05) is 61.5 Å². The molecule has 142 valence electrons. The fourth-order valence-electron chi connectivity index (χ4n) is 2.28. The molecule has 2 aromatic rings. The first-order chi connectivity index (χ1) is 12.9. The van der Waals surface area contributed by atoms with Gasteiger partial charge in [-0.25, -0.2) is 0 Å². The Hall–Kier alpha value is -2.58. The zero-order valence-corrected chi connectivity index (χ0v) is 16.6. The van der Waals surface area contributed by atoms with Crippen molar-refractivity contribution >= 4 is 53.0 Å². The molecule has 0 saturated heterocycles. The van der Waals surface area contributed by atoms with Crippen LogP contribution in [-0.4, -0.2) is 22.2 Å². The van der Waals surface area contributed by atoms with Crippen molar-refractivity contribution in [1.82, 2.24) is 10.9 Å². The van der Waals surface area contributed by atoms with Gasteiger partial charge in [0.2, 0.25) is 5.91 Å². The molecule has 1 amide bonds. The van der Waals surface area contributed by atoms with Gasteiger partial charge < -0.3 is 10.6 Å². The number of carbonyl (C=O) groups excluding carboxylic acids is 2. The fourth-order valence-corrected chi connectivity index (χ4v) is 2.80. The average molecular weight is 403 g/mol. The number of hydrazine groups is 1. The molecular weight excluding hydrogens is 380 g/mol. The van der Waals surface area contributed by atoms with Gasteiger partial charge in [0, 0.05) is 17.8 Å². The Balaban J connectivity index is 1.69. The van der Waals surface area contributed by atoms with Gasteiger partial charge in [-0.2, -0.15) is 12.6 Å². The van der Waals surface area contributed by atoms with Crippen molar-refractivity contribution in [1.29, 1.82) is 0 Å². The van der Waals surface area contributed by atoms with E-state index >= 15 is 0 Å². The summed E-state index contributed by atoms with van der Waals surface area (Å²) in [6, 6.07) is 17.1. The van der Waals surface area contributed by atoms with Crippen LogP contribution in [0.3, 0.4) is 0 Å². The minimum atomic E-state index is -0.464. The SMILES string of the molecule is Cc1ccccc1NC(=S)NNC(=O)CC(=O)CC(S)Nc1ccccc1. The second-order valence-electron chi connectivity index (χ2n) is 5.89. The first kappa shape index (κ1) is 20.7. The van der Waals surface area contributed by atoms with Crippen LogP contribution in [0, 0.1) is 6.92 Å². The van der Waals surface area contributed by atoms with Gasteiger partial charge in [0.25, 0.3) is 0 Å². The van der Waals surface area contributed by atoms with Gasteiger partial charge in [-0.05, 0) is 42.9 Å². The third-order valence-corrected chi connectivity index (χ3v) is 4.11.